The van der Waals surface area contributed by atoms with Crippen LogP contribution in [0.3, 0.4) is 0 Å². The summed E-state index contributed by atoms with van der Waals surface area (Å²) in [6.45, 7) is 7.34. The summed E-state index contributed by atoms with van der Waals surface area (Å²) in [5.41, 5.74) is 3.71. The largest absolute Gasteiger partial charge is 0.497 e. The van der Waals surface area contributed by atoms with E-state index in [1.54, 1.807) is 14.2 Å². The van der Waals surface area contributed by atoms with Gasteiger partial charge in [-0.3, -0.25) is 9.69 Å². The molecule has 2 saturated heterocycles. The first-order valence-corrected chi connectivity index (χ1v) is 14.0. The Bertz CT molecular complexity index is 1200. The molecule has 210 valence electrons. The van der Waals surface area contributed by atoms with E-state index in [0.717, 1.165) is 49.3 Å². The molecule has 39 heavy (non-hydrogen) atoms. The first-order chi connectivity index (χ1) is 18.7. The quantitative estimate of drug-likeness (QED) is 0.529. The Balaban J connectivity index is 1.39. The van der Waals surface area contributed by atoms with Gasteiger partial charge in [0.1, 0.15) is 11.5 Å². The van der Waals surface area contributed by atoms with Crippen LogP contribution in [0, 0.1) is 5.41 Å². The third-order valence-corrected chi connectivity index (χ3v) is 9.10. The van der Waals surface area contributed by atoms with E-state index in [1.807, 2.05) is 18.2 Å². The number of nitrogens with zero attached hydrogens (tertiary/aromatic N) is 3. The summed E-state index contributed by atoms with van der Waals surface area (Å²) >= 11 is 0. The van der Waals surface area contributed by atoms with Crippen molar-refractivity contribution in [3.8, 4) is 11.5 Å². The molecule has 0 aromatic heterocycles. The highest BCUT2D eigenvalue weighted by Gasteiger charge is 2.52. The van der Waals surface area contributed by atoms with Gasteiger partial charge in [-0.2, -0.15) is 0 Å². The number of amides is 2. The Labute approximate surface area is 231 Å². The summed E-state index contributed by atoms with van der Waals surface area (Å²) in [7, 11) is 3.31. The summed E-state index contributed by atoms with van der Waals surface area (Å²) in [5.74, 6) is 2.02. The predicted molar refractivity (Wildman–Crippen MR) is 149 cm³/mol. The zero-order valence-corrected chi connectivity index (χ0v) is 23.6. The van der Waals surface area contributed by atoms with E-state index in [2.05, 4.69) is 47.9 Å². The first kappa shape index (κ1) is 27.3. The molecule has 1 spiro atoms. The zero-order valence-electron chi connectivity index (χ0n) is 23.6. The lowest BCUT2D eigenvalue weighted by atomic mass is 9.59. The van der Waals surface area contributed by atoms with E-state index in [9.17, 15) is 14.7 Å². The van der Waals surface area contributed by atoms with Crippen LogP contribution in [0.25, 0.3) is 0 Å². The second kappa shape index (κ2) is 11.1. The molecule has 8 heteroatoms. The molecule has 2 aromatic carbocycles. The number of rotatable bonds is 7. The lowest BCUT2D eigenvalue weighted by molar-refractivity contribution is -0.153. The molecule has 0 bridgehead atoms. The average Bonchev–Trinajstić information content (AvgIpc) is 2.91. The summed E-state index contributed by atoms with van der Waals surface area (Å²) < 4.78 is 11.0. The predicted octanol–water partition coefficient (Wildman–Crippen LogP) is 5.14. The number of benzene rings is 2. The van der Waals surface area contributed by atoms with Crippen molar-refractivity contribution in [1.82, 2.24) is 14.7 Å². The summed E-state index contributed by atoms with van der Waals surface area (Å²) in [5, 5.41) is 9.37. The summed E-state index contributed by atoms with van der Waals surface area (Å²) in [4.78, 5) is 31.3. The van der Waals surface area contributed by atoms with Crippen LogP contribution in [-0.4, -0.2) is 78.2 Å². The van der Waals surface area contributed by atoms with E-state index in [4.69, 9.17) is 9.47 Å². The smallest absolute Gasteiger partial charge is 0.407 e. The molecule has 2 heterocycles. The summed E-state index contributed by atoms with van der Waals surface area (Å²) in [6, 6.07) is 14.6. The van der Waals surface area contributed by atoms with Gasteiger partial charge < -0.3 is 24.4 Å². The van der Waals surface area contributed by atoms with Crippen LogP contribution in [0.15, 0.2) is 42.5 Å². The van der Waals surface area contributed by atoms with Gasteiger partial charge in [-0.1, -0.05) is 44.2 Å². The molecule has 2 aromatic rings. The van der Waals surface area contributed by atoms with Gasteiger partial charge in [0, 0.05) is 43.9 Å². The third-order valence-electron chi connectivity index (χ3n) is 9.10. The van der Waals surface area contributed by atoms with E-state index in [-0.39, 0.29) is 23.4 Å². The Morgan fingerprint density at radius 2 is 1.79 bits per heavy atom. The lowest BCUT2D eigenvalue weighted by Gasteiger charge is -2.58. The number of likely N-dealkylation sites (tertiary alicyclic amines) is 1. The van der Waals surface area contributed by atoms with E-state index >= 15 is 0 Å². The van der Waals surface area contributed by atoms with Crippen molar-refractivity contribution in [1.29, 1.82) is 0 Å². The molecule has 1 atom stereocenters. The maximum atomic E-state index is 13.9. The van der Waals surface area contributed by atoms with Gasteiger partial charge in [0.25, 0.3) is 0 Å². The monoisotopic (exact) mass is 535 g/mol. The number of hydrogen-bond acceptors (Lipinski definition) is 5. The SMILES string of the molecule is COc1ccc(CN2CC(=O)N(C3CC4(CCN(C(=O)O)CC4)C3)C(c3ccccc3C(C)C)C2)c(OC)c1. The van der Waals surface area contributed by atoms with Gasteiger partial charge in [0.15, 0.2) is 0 Å². The van der Waals surface area contributed by atoms with Gasteiger partial charge in [-0.25, -0.2) is 4.79 Å². The van der Waals surface area contributed by atoms with Crippen molar-refractivity contribution in [2.45, 2.75) is 64.1 Å². The standard InChI is InChI=1S/C31H41N3O5/c1-21(2)25-7-5-6-8-26(25)27-19-32(18-22-9-10-24(38-3)15-28(22)39-4)20-29(35)34(27)23-16-31(17-23)11-13-33(14-12-31)30(36)37/h5-10,15,21,23,27H,11-14,16-20H2,1-4H3,(H,36,37). The minimum Gasteiger partial charge on any atom is -0.497 e. The molecule has 2 amide bonds. The third kappa shape index (κ3) is 5.44. The van der Waals surface area contributed by atoms with Crippen LogP contribution in [0.1, 0.15) is 68.2 Å². The Morgan fingerprint density at radius 1 is 1.08 bits per heavy atom. The highest BCUT2D eigenvalue weighted by atomic mass is 16.5. The number of carboxylic acid groups (broad SMARTS) is 1. The molecule has 1 saturated carbocycles. The summed E-state index contributed by atoms with van der Waals surface area (Å²) in [6.07, 6.45) is 2.85. The first-order valence-electron chi connectivity index (χ1n) is 14.0. The fourth-order valence-electron chi connectivity index (χ4n) is 6.95. The molecule has 1 unspecified atom stereocenters. The van der Waals surface area contributed by atoms with E-state index < -0.39 is 6.09 Å². The number of ether oxygens (including phenoxy) is 2. The van der Waals surface area contributed by atoms with Crippen molar-refractivity contribution in [3.63, 3.8) is 0 Å². The topological polar surface area (TPSA) is 82.6 Å². The lowest BCUT2D eigenvalue weighted by Crippen LogP contribution is -2.62. The van der Waals surface area contributed by atoms with Crippen molar-refractivity contribution in [3.05, 3.63) is 59.2 Å². The number of carbonyl (C=O) groups is 2. The molecule has 5 rings (SSSR count). The van der Waals surface area contributed by atoms with Crippen molar-refractivity contribution < 1.29 is 24.2 Å². The van der Waals surface area contributed by atoms with Gasteiger partial charge in [0.05, 0.1) is 26.8 Å². The number of piperidine rings is 1. The minimum atomic E-state index is -0.828. The fraction of sp³-hybridized carbons (Fsp3) is 0.548. The number of methoxy groups -OCH3 is 2. The fourth-order valence-corrected chi connectivity index (χ4v) is 6.95. The molecule has 1 aliphatic carbocycles. The number of hydrogen-bond donors (Lipinski definition) is 1. The Hall–Kier alpha value is -3.26. The van der Waals surface area contributed by atoms with Crippen LogP contribution in [0.5, 0.6) is 11.5 Å². The van der Waals surface area contributed by atoms with E-state index in [0.29, 0.717) is 32.1 Å². The average molecular weight is 536 g/mol. The molecule has 8 nitrogen and oxygen atoms in total. The normalized spacial score (nSPS) is 21.8. The molecule has 3 fully saturated rings. The second-order valence-corrected chi connectivity index (χ2v) is 11.8. The molecular weight excluding hydrogens is 494 g/mol. The number of piperazine rings is 1. The van der Waals surface area contributed by atoms with Crippen LogP contribution in [0.2, 0.25) is 0 Å². The van der Waals surface area contributed by atoms with Gasteiger partial charge >= 0.3 is 6.09 Å². The highest BCUT2D eigenvalue weighted by molar-refractivity contribution is 5.80. The Morgan fingerprint density at radius 3 is 2.44 bits per heavy atom. The molecule has 2 aliphatic heterocycles. The van der Waals surface area contributed by atoms with Crippen LogP contribution >= 0.6 is 0 Å². The molecule has 3 aliphatic rings. The van der Waals surface area contributed by atoms with Crippen molar-refractivity contribution >= 4 is 12.0 Å². The zero-order chi connectivity index (χ0) is 27.7. The maximum Gasteiger partial charge on any atom is 0.407 e. The molecular formula is C31H41N3O5. The van der Waals surface area contributed by atoms with Crippen molar-refractivity contribution in [2.75, 3.05) is 40.4 Å². The van der Waals surface area contributed by atoms with Gasteiger partial charge in [-0.05, 0) is 54.2 Å². The second-order valence-electron chi connectivity index (χ2n) is 11.8. The Kier molecular flexibility index (Phi) is 7.76. The van der Waals surface area contributed by atoms with E-state index in [1.165, 1.54) is 16.0 Å². The number of carbonyl (C=O) groups excluding carboxylic acids is 1. The van der Waals surface area contributed by atoms with Gasteiger partial charge in [0.2, 0.25) is 5.91 Å². The maximum absolute atomic E-state index is 13.9. The molecule has 1 N–H and O–H groups in total. The molecule has 0 radical (unpaired) electrons. The van der Waals surface area contributed by atoms with Crippen LogP contribution in [0.4, 0.5) is 4.79 Å². The highest BCUT2D eigenvalue weighted by Crippen LogP contribution is 2.53. The van der Waals surface area contributed by atoms with Crippen LogP contribution < -0.4 is 9.47 Å². The van der Waals surface area contributed by atoms with Crippen LogP contribution in [-0.2, 0) is 11.3 Å². The van der Waals surface area contributed by atoms with Gasteiger partial charge in [-0.15, -0.1) is 0 Å². The minimum absolute atomic E-state index is 0.0319. The van der Waals surface area contributed by atoms with Crippen molar-refractivity contribution in [2.24, 2.45) is 5.41 Å².